The van der Waals surface area contributed by atoms with Crippen molar-refractivity contribution in [1.82, 2.24) is 10.3 Å². The highest BCUT2D eigenvalue weighted by atomic mass is 32.1. The normalized spacial score (nSPS) is 27.8. The van der Waals surface area contributed by atoms with Crippen LogP contribution in [-0.2, 0) is 0 Å². The fraction of sp³-hybridized carbons (Fsp3) is 0.714. The molecule has 0 aromatic carbocycles. The third kappa shape index (κ3) is 2.49. The molecule has 3 rings (SSSR count). The second-order valence-corrected chi connectivity index (χ2v) is 7.23. The quantitative estimate of drug-likeness (QED) is 0.890. The smallest absolute Gasteiger partial charge is 0.265 e. The van der Waals surface area contributed by atoms with Crippen LogP contribution < -0.4 is 16.0 Å². The lowest BCUT2D eigenvalue weighted by atomic mass is 9.89. The summed E-state index contributed by atoms with van der Waals surface area (Å²) in [6, 6.07) is 0. The Bertz CT molecular complexity index is 513. The van der Waals surface area contributed by atoms with Crippen LogP contribution >= 0.6 is 11.3 Å². The Kier molecular flexibility index (Phi) is 3.58. The van der Waals surface area contributed by atoms with Crippen molar-refractivity contribution < 1.29 is 4.79 Å². The van der Waals surface area contributed by atoms with Crippen molar-refractivity contribution in [3.63, 3.8) is 0 Å². The first-order chi connectivity index (χ1) is 9.54. The number of rotatable bonds is 4. The molecule has 0 spiro atoms. The van der Waals surface area contributed by atoms with E-state index in [1.54, 1.807) is 0 Å². The van der Waals surface area contributed by atoms with Gasteiger partial charge in [0.2, 0.25) is 0 Å². The Balaban J connectivity index is 1.59. The molecule has 2 saturated carbocycles. The molecule has 6 heteroatoms. The van der Waals surface area contributed by atoms with Crippen LogP contribution in [0.4, 0.5) is 10.9 Å². The highest BCUT2D eigenvalue weighted by Crippen LogP contribution is 2.47. The van der Waals surface area contributed by atoms with Crippen LogP contribution in [0.2, 0.25) is 0 Å². The number of nitrogens with two attached hydrogens (primary N) is 1. The predicted octanol–water partition coefficient (Wildman–Crippen LogP) is 1.96. The number of aromatic nitrogens is 1. The van der Waals surface area contributed by atoms with Gasteiger partial charge in [-0.05, 0) is 37.0 Å². The summed E-state index contributed by atoms with van der Waals surface area (Å²) in [5.74, 6) is 2.67. The minimum atomic E-state index is -0.0733. The van der Waals surface area contributed by atoms with Gasteiger partial charge in [0.15, 0.2) is 5.13 Å². The van der Waals surface area contributed by atoms with Crippen LogP contribution in [0.1, 0.15) is 35.4 Å². The molecule has 1 aromatic heterocycles. The van der Waals surface area contributed by atoms with Crippen molar-refractivity contribution in [1.29, 1.82) is 0 Å². The number of carbonyl (C=O) groups is 1. The van der Waals surface area contributed by atoms with E-state index in [0.717, 1.165) is 23.5 Å². The molecule has 2 bridgehead atoms. The van der Waals surface area contributed by atoms with Gasteiger partial charge in [0.1, 0.15) is 10.7 Å². The lowest BCUT2D eigenvalue weighted by molar-refractivity contribution is 0.0946. The molecule has 2 aliphatic carbocycles. The predicted molar refractivity (Wildman–Crippen MR) is 82.1 cm³/mol. The van der Waals surface area contributed by atoms with E-state index in [9.17, 15) is 4.79 Å². The summed E-state index contributed by atoms with van der Waals surface area (Å²) in [5.41, 5.74) is 5.84. The van der Waals surface area contributed by atoms with Crippen molar-refractivity contribution in [2.75, 3.05) is 31.3 Å². The molecule has 1 heterocycles. The Morgan fingerprint density at radius 2 is 2.25 bits per heavy atom. The van der Waals surface area contributed by atoms with E-state index >= 15 is 0 Å². The SMILES string of the molecule is CN(C)c1nc(N)c(C(=O)NCC2CC3CCC2C3)s1. The van der Waals surface area contributed by atoms with Gasteiger partial charge in [-0.25, -0.2) is 4.98 Å². The molecule has 110 valence electrons. The molecular weight excluding hydrogens is 272 g/mol. The lowest BCUT2D eigenvalue weighted by Gasteiger charge is -2.21. The third-order valence-electron chi connectivity index (χ3n) is 4.64. The van der Waals surface area contributed by atoms with Crippen LogP contribution in [-0.4, -0.2) is 31.5 Å². The van der Waals surface area contributed by atoms with Crippen LogP contribution in [0.3, 0.4) is 0 Å². The zero-order chi connectivity index (χ0) is 14.3. The van der Waals surface area contributed by atoms with E-state index in [4.69, 9.17) is 5.73 Å². The van der Waals surface area contributed by atoms with Gasteiger partial charge in [-0.15, -0.1) is 0 Å². The van der Waals surface area contributed by atoms with E-state index in [-0.39, 0.29) is 5.91 Å². The maximum absolute atomic E-state index is 12.2. The number of anilines is 2. The summed E-state index contributed by atoms with van der Waals surface area (Å²) in [6.45, 7) is 0.786. The molecule has 2 aliphatic rings. The molecule has 5 nitrogen and oxygen atoms in total. The molecule has 1 aromatic rings. The first-order valence-electron chi connectivity index (χ1n) is 7.26. The summed E-state index contributed by atoms with van der Waals surface area (Å²) in [6.07, 6.45) is 5.39. The first kappa shape index (κ1) is 13.7. The van der Waals surface area contributed by atoms with Gasteiger partial charge < -0.3 is 16.0 Å². The van der Waals surface area contributed by atoms with Crippen molar-refractivity contribution in [3.05, 3.63) is 4.88 Å². The Labute approximate surface area is 123 Å². The number of hydrogen-bond donors (Lipinski definition) is 2. The van der Waals surface area contributed by atoms with Crippen LogP contribution in [0.15, 0.2) is 0 Å². The van der Waals surface area contributed by atoms with Gasteiger partial charge in [0.25, 0.3) is 5.91 Å². The molecule has 2 fully saturated rings. The number of hydrogen-bond acceptors (Lipinski definition) is 5. The molecule has 0 radical (unpaired) electrons. The van der Waals surface area contributed by atoms with Crippen molar-refractivity contribution in [2.24, 2.45) is 17.8 Å². The molecular formula is C14H22N4OS. The van der Waals surface area contributed by atoms with Gasteiger partial charge in [-0.3, -0.25) is 4.79 Å². The van der Waals surface area contributed by atoms with Gasteiger partial charge in [-0.1, -0.05) is 17.8 Å². The van der Waals surface area contributed by atoms with E-state index in [2.05, 4.69) is 10.3 Å². The zero-order valence-corrected chi connectivity index (χ0v) is 12.9. The lowest BCUT2D eigenvalue weighted by Crippen LogP contribution is -2.31. The van der Waals surface area contributed by atoms with E-state index in [1.165, 1.54) is 37.0 Å². The number of nitrogen functional groups attached to an aromatic ring is 1. The second kappa shape index (κ2) is 5.24. The molecule has 20 heavy (non-hydrogen) atoms. The first-order valence-corrected chi connectivity index (χ1v) is 8.08. The number of thiazole rings is 1. The molecule has 1 amide bonds. The average Bonchev–Trinajstić information content (AvgIpc) is 3.10. The zero-order valence-electron chi connectivity index (χ0n) is 12.1. The van der Waals surface area contributed by atoms with E-state index < -0.39 is 0 Å². The van der Waals surface area contributed by atoms with Crippen LogP contribution in [0.25, 0.3) is 0 Å². The van der Waals surface area contributed by atoms with Gasteiger partial charge in [-0.2, -0.15) is 0 Å². The number of carbonyl (C=O) groups excluding carboxylic acids is 1. The largest absolute Gasteiger partial charge is 0.382 e. The van der Waals surface area contributed by atoms with Gasteiger partial charge in [0.05, 0.1) is 0 Å². The maximum Gasteiger partial charge on any atom is 0.265 e. The summed E-state index contributed by atoms with van der Waals surface area (Å²) in [4.78, 5) is 18.8. The third-order valence-corrected chi connectivity index (χ3v) is 5.88. The van der Waals surface area contributed by atoms with Gasteiger partial charge >= 0.3 is 0 Å². The Hall–Kier alpha value is -1.30. The summed E-state index contributed by atoms with van der Waals surface area (Å²) >= 11 is 1.35. The van der Waals surface area contributed by atoms with Crippen LogP contribution in [0, 0.1) is 17.8 Å². The minimum Gasteiger partial charge on any atom is -0.382 e. The number of nitrogens with one attached hydrogen (secondary N) is 1. The van der Waals surface area contributed by atoms with Crippen molar-refractivity contribution in [2.45, 2.75) is 25.7 Å². The maximum atomic E-state index is 12.2. The van der Waals surface area contributed by atoms with Crippen molar-refractivity contribution in [3.8, 4) is 0 Å². The van der Waals surface area contributed by atoms with Gasteiger partial charge in [0, 0.05) is 20.6 Å². The molecule has 3 atom stereocenters. The highest BCUT2D eigenvalue weighted by Gasteiger charge is 2.39. The Morgan fingerprint density at radius 1 is 1.45 bits per heavy atom. The number of fused-ring (bicyclic) bond motifs is 2. The summed E-state index contributed by atoms with van der Waals surface area (Å²) < 4.78 is 0. The fourth-order valence-corrected chi connectivity index (χ4v) is 4.43. The van der Waals surface area contributed by atoms with E-state index in [0.29, 0.717) is 16.6 Å². The van der Waals surface area contributed by atoms with Crippen LogP contribution in [0.5, 0.6) is 0 Å². The molecule has 0 saturated heterocycles. The standard InChI is InChI=1S/C14H22N4OS/c1-18(2)14-17-12(15)11(20-14)13(19)16-7-10-6-8-3-4-9(10)5-8/h8-10H,3-7,15H2,1-2H3,(H,16,19). The average molecular weight is 294 g/mol. The second-order valence-electron chi connectivity index (χ2n) is 6.25. The summed E-state index contributed by atoms with van der Waals surface area (Å²) in [7, 11) is 3.80. The molecule has 3 unspecified atom stereocenters. The molecule has 3 N–H and O–H groups in total. The van der Waals surface area contributed by atoms with Crippen molar-refractivity contribution >= 4 is 28.2 Å². The topological polar surface area (TPSA) is 71.2 Å². The van der Waals surface area contributed by atoms with E-state index in [1.807, 2.05) is 19.0 Å². The highest BCUT2D eigenvalue weighted by molar-refractivity contribution is 7.18. The fourth-order valence-electron chi connectivity index (χ4n) is 3.60. The Morgan fingerprint density at radius 3 is 2.80 bits per heavy atom. The number of amides is 1. The minimum absolute atomic E-state index is 0.0733. The number of nitrogens with zero attached hydrogens (tertiary/aromatic N) is 2. The summed E-state index contributed by atoms with van der Waals surface area (Å²) in [5, 5.41) is 3.82. The monoisotopic (exact) mass is 294 g/mol. The molecule has 0 aliphatic heterocycles.